The Morgan fingerprint density at radius 1 is 0.659 bits per heavy atom. The predicted molar refractivity (Wildman–Crippen MR) is 174 cm³/mol. The van der Waals surface area contributed by atoms with E-state index in [4.69, 9.17) is 4.74 Å². The monoisotopic (exact) mass is 606 g/mol. The summed E-state index contributed by atoms with van der Waals surface area (Å²) in [5, 5.41) is 0. The molecule has 0 saturated carbocycles. The number of ether oxygens (including phenoxy) is 1. The smallest absolute Gasteiger partial charge is 0.201 e. The van der Waals surface area contributed by atoms with Crippen molar-refractivity contribution in [1.29, 1.82) is 0 Å². The molecule has 1 atom stereocenters. The molecule has 0 spiro atoms. The molecule has 0 aromatic heterocycles. The maximum Gasteiger partial charge on any atom is 0.201 e. The van der Waals surface area contributed by atoms with Crippen LogP contribution >= 0.6 is 0 Å². The van der Waals surface area contributed by atoms with E-state index >= 15 is 8.78 Å². The summed E-state index contributed by atoms with van der Waals surface area (Å²) in [6.45, 7) is 4.25. The summed E-state index contributed by atoms with van der Waals surface area (Å²) in [7, 11) is 0. The lowest BCUT2D eigenvalue weighted by atomic mass is 9.83. The van der Waals surface area contributed by atoms with Crippen LogP contribution in [0.15, 0.2) is 66.9 Å². The van der Waals surface area contributed by atoms with Gasteiger partial charge < -0.3 is 4.74 Å². The molecule has 44 heavy (non-hydrogen) atoms. The fourth-order valence-electron chi connectivity index (χ4n) is 6.01. The molecule has 0 saturated heterocycles. The number of hydrogen-bond donors (Lipinski definition) is 0. The van der Waals surface area contributed by atoms with Crippen molar-refractivity contribution in [3.05, 3.63) is 95.8 Å². The van der Waals surface area contributed by atoms with E-state index < -0.39 is 23.3 Å². The van der Waals surface area contributed by atoms with Gasteiger partial charge >= 0.3 is 0 Å². The molecule has 0 aliphatic heterocycles. The zero-order chi connectivity index (χ0) is 31.3. The van der Waals surface area contributed by atoms with Crippen LogP contribution in [0.25, 0.3) is 27.8 Å². The van der Waals surface area contributed by atoms with Gasteiger partial charge in [-0.15, -0.1) is 0 Å². The van der Waals surface area contributed by atoms with Gasteiger partial charge in [0.15, 0.2) is 23.2 Å². The number of hydrogen-bond acceptors (Lipinski definition) is 1. The maximum atomic E-state index is 15.3. The van der Waals surface area contributed by atoms with Crippen molar-refractivity contribution >= 4 is 5.57 Å². The molecule has 1 nitrogen and oxygen atoms in total. The molecular weight excluding hydrogens is 560 g/mol. The second kappa shape index (κ2) is 17.2. The summed E-state index contributed by atoms with van der Waals surface area (Å²) in [6.07, 6.45) is 21.3. The molecule has 4 rings (SSSR count). The SMILES string of the molecule is CCC/C=C\Oc1ccc(-c2ccc(-c3ccc(C4=CCC(CCCCCCCCCC)CC4)c(F)c3F)cc2)c(F)c1F. The summed E-state index contributed by atoms with van der Waals surface area (Å²) in [6, 6.07) is 12.4. The van der Waals surface area contributed by atoms with E-state index in [0.717, 1.165) is 37.7 Å². The Bertz CT molecular complexity index is 1410. The highest BCUT2D eigenvalue weighted by molar-refractivity contribution is 5.74. The molecule has 3 aromatic carbocycles. The van der Waals surface area contributed by atoms with Crippen molar-refractivity contribution in [3.8, 4) is 28.0 Å². The van der Waals surface area contributed by atoms with Crippen LogP contribution in [-0.2, 0) is 0 Å². The van der Waals surface area contributed by atoms with Crippen LogP contribution in [0.5, 0.6) is 5.75 Å². The quantitative estimate of drug-likeness (QED) is 0.0895. The topological polar surface area (TPSA) is 9.23 Å². The first-order valence-corrected chi connectivity index (χ1v) is 16.5. The van der Waals surface area contributed by atoms with Gasteiger partial charge in [-0.05, 0) is 66.5 Å². The van der Waals surface area contributed by atoms with E-state index in [1.165, 1.54) is 76.2 Å². The highest BCUT2D eigenvalue weighted by Crippen LogP contribution is 2.37. The van der Waals surface area contributed by atoms with Gasteiger partial charge in [-0.2, -0.15) is 4.39 Å². The molecule has 0 N–H and O–H groups in total. The minimum atomic E-state index is -1.08. The van der Waals surface area contributed by atoms with E-state index in [1.807, 2.05) is 6.92 Å². The van der Waals surface area contributed by atoms with Crippen molar-refractivity contribution in [3.63, 3.8) is 0 Å². The zero-order valence-electron chi connectivity index (χ0n) is 26.2. The summed E-state index contributed by atoms with van der Waals surface area (Å²) in [4.78, 5) is 0. The predicted octanol–water partition coefficient (Wildman–Crippen LogP) is 13.0. The number of rotatable bonds is 16. The van der Waals surface area contributed by atoms with E-state index in [9.17, 15) is 8.78 Å². The van der Waals surface area contributed by atoms with Crippen molar-refractivity contribution in [2.24, 2.45) is 5.92 Å². The van der Waals surface area contributed by atoms with E-state index in [0.29, 0.717) is 22.6 Å². The second-order valence-corrected chi connectivity index (χ2v) is 12.0. The van der Waals surface area contributed by atoms with Gasteiger partial charge in [0.05, 0.1) is 6.26 Å². The van der Waals surface area contributed by atoms with Crippen LogP contribution in [0.1, 0.15) is 109 Å². The third-order valence-corrected chi connectivity index (χ3v) is 8.71. The Hall–Kier alpha value is -3.34. The molecule has 5 heteroatoms. The van der Waals surface area contributed by atoms with Gasteiger partial charge in [0.2, 0.25) is 5.82 Å². The Kier molecular flexibility index (Phi) is 13.1. The van der Waals surface area contributed by atoms with E-state index in [-0.39, 0.29) is 16.9 Å². The van der Waals surface area contributed by atoms with Crippen LogP contribution in [-0.4, -0.2) is 0 Å². The number of halogens is 4. The Morgan fingerprint density at radius 3 is 1.84 bits per heavy atom. The van der Waals surface area contributed by atoms with Crippen molar-refractivity contribution in [2.45, 2.75) is 104 Å². The lowest BCUT2D eigenvalue weighted by molar-refractivity contribution is 0.414. The molecule has 1 aliphatic carbocycles. The van der Waals surface area contributed by atoms with Gasteiger partial charge in [0.25, 0.3) is 0 Å². The Morgan fingerprint density at radius 2 is 1.23 bits per heavy atom. The standard InChI is InChI=1S/C39H46F4O/c1-3-5-7-8-9-10-11-12-14-28-15-17-29(18-16-28)32-23-24-33(37(41)36(32)40)30-19-21-31(22-20-30)34-25-26-35(39(43)38(34)42)44-27-13-6-4-2/h13,17,19-28H,3-12,14-16,18H2,1-2H3/b27-13-. The molecule has 1 unspecified atom stereocenters. The Balaban J connectivity index is 1.36. The first-order valence-electron chi connectivity index (χ1n) is 16.5. The molecule has 0 fully saturated rings. The van der Waals surface area contributed by atoms with Crippen molar-refractivity contribution < 1.29 is 22.3 Å². The van der Waals surface area contributed by atoms with Crippen LogP contribution in [0.3, 0.4) is 0 Å². The van der Waals surface area contributed by atoms with Crippen molar-refractivity contribution in [1.82, 2.24) is 0 Å². The van der Waals surface area contributed by atoms with Crippen LogP contribution in [0, 0.1) is 29.2 Å². The van der Waals surface area contributed by atoms with Crippen LogP contribution < -0.4 is 4.74 Å². The van der Waals surface area contributed by atoms with Gasteiger partial charge in [0, 0.05) is 16.7 Å². The second-order valence-electron chi connectivity index (χ2n) is 12.0. The molecule has 1 aliphatic rings. The highest BCUT2D eigenvalue weighted by Gasteiger charge is 2.21. The van der Waals surface area contributed by atoms with Gasteiger partial charge in [-0.25, -0.2) is 13.2 Å². The summed E-state index contributed by atoms with van der Waals surface area (Å²) in [5.74, 6) is -3.41. The van der Waals surface area contributed by atoms with Crippen LogP contribution in [0.2, 0.25) is 0 Å². The minimum Gasteiger partial charge on any atom is -0.462 e. The fraction of sp³-hybridized carbons (Fsp3) is 0.436. The minimum absolute atomic E-state index is 0.0610. The number of allylic oxidation sites excluding steroid dienone is 3. The molecule has 0 radical (unpaired) electrons. The average Bonchev–Trinajstić information content (AvgIpc) is 3.04. The largest absolute Gasteiger partial charge is 0.462 e. The lowest BCUT2D eigenvalue weighted by Crippen LogP contribution is -2.07. The lowest BCUT2D eigenvalue weighted by Gasteiger charge is -2.23. The molecule has 236 valence electrons. The number of unbranched alkanes of at least 4 members (excludes halogenated alkanes) is 8. The van der Waals surface area contributed by atoms with Crippen molar-refractivity contribution in [2.75, 3.05) is 0 Å². The summed E-state index contributed by atoms with van der Waals surface area (Å²) in [5.41, 5.74) is 2.28. The highest BCUT2D eigenvalue weighted by atomic mass is 19.2. The fourth-order valence-corrected chi connectivity index (χ4v) is 6.01. The first kappa shape index (κ1) is 33.6. The van der Waals surface area contributed by atoms with E-state index in [1.54, 1.807) is 42.5 Å². The third kappa shape index (κ3) is 8.86. The summed E-state index contributed by atoms with van der Waals surface area (Å²) < 4.78 is 65.3. The average molecular weight is 607 g/mol. The third-order valence-electron chi connectivity index (χ3n) is 8.71. The van der Waals surface area contributed by atoms with E-state index in [2.05, 4.69) is 13.0 Å². The summed E-state index contributed by atoms with van der Waals surface area (Å²) >= 11 is 0. The number of benzene rings is 3. The van der Waals surface area contributed by atoms with Gasteiger partial charge in [0.1, 0.15) is 0 Å². The Labute approximate surface area is 261 Å². The molecule has 3 aromatic rings. The molecule has 0 bridgehead atoms. The van der Waals surface area contributed by atoms with Gasteiger partial charge in [-0.1, -0.05) is 121 Å². The van der Waals surface area contributed by atoms with Crippen LogP contribution in [0.4, 0.5) is 17.6 Å². The molecule has 0 amide bonds. The first-order chi connectivity index (χ1) is 21.4. The zero-order valence-corrected chi connectivity index (χ0v) is 26.2. The maximum absolute atomic E-state index is 15.3. The normalized spacial score (nSPS) is 15.1. The molecule has 0 heterocycles. The van der Waals surface area contributed by atoms with Gasteiger partial charge in [-0.3, -0.25) is 0 Å². The molecular formula is C39H46F4O.